The summed E-state index contributed by atoms with van der Waals surface area (Å²) in [5.74, 6) is 1.34. The summed E-state index contributed by atoms with van der Waals surface area (Å²) in [6.07, 6.45) is 2.32. The fourth-order valence-electron chi connectivity index (χ4n) is 9.12. The maximum atomic E-state index is 2.77. The van der Waals surface area contributed by atoms with Crippen LogP contribution in [-0.2, 0) is 33.1 Å². The molecule has 202 valence electrons. The molecule has 2 atom stereocenters. The van der Waals surface area contributed by atoms with Crippen LogP contribution >= 0.6 is 0 Å². The third-order valence-corrected chi connectivity index (χ3v) is 26.0. The molecule has 3 aliphatic rings. The molecule has 0 saturated heterocycles. The van der Waals surface area contributed by atoms with Crippen LogP contribution in [0.2, 0.25) is 15.8 Å². The summed E-state index contributed by atoms with van der Waals surface area (Å²) in [5.41, 5.74) is 13.1. The standard InChI is InChI=1S/C35H40Si.2CH3.Zr/c1-23(2)17-27-13-15-29-19-25(5)34(32(29)21-27)36(7,31-11-9-8-10-12-31)35-26(6)20-30-16-14-28(18-24(3)4)22-33(30)35;;;/h8-16,19-24H,17-18H2,1-7H3;2*1H3;. The first-order chi connectivity index (χ1) is 18.5. The third kappa shape index (κ3) is 4.06. The van der Waals surface area contributed by atoms with E-state index < -0.39 is 28.3 Å². The number of benzene rings is 3. The normalized spacial score (nSPS) is 24.8. The van der Waals surface area contributed by atoms with Crippen LogP contribution in [0.4, 0.5) is 0 Å². The molecule has 0 aromatic heterocycles. The van der Waals surface area contributed by atoms with Crippen molar-refractivity contribution in [2.24, 2.45) is 11.8 Å². The summed E-state index contributed by atoms with van der Waals surface area (Å²) < 4.78 is 6.84. The number of hydrogen-bond donors (Lipinski definition) is 0. The van der Waals surface area contributed by atoms with Crippen LogP contribution in [0.15, 0.2) is 77.9 Å². The average Bonchev–Trinajstić information content (AvgIpc) is 3.34. The van der Waals surface area contributed by atoms with Gasteiger partial charge in [0.1, 0.15) is 0 Å². The second-order valence-corrected chi connectivity index (χ2v) is 30.0. The van der Waals surface area contributed by atoms with E-state index in [1.165, 1.54) is 11.1 Å². The number of fused-ring (bicyclic) bond motifs is 8. The van der Waals surface area contributed by atoms with Gasteiger partial charge in [-0.1, -0.05) is 0 Å². The first kappa shape index (κ1) is 27.4. The molecule has 39 heavy (non-hydrogen) atoms. The van der Waals surface area contributed by atoms with Crippen molar-refractivity contribution in [1.29, 1.82) is 0 Å². The Labute approximate surface area is 243 Å². The number of rotatable bonds is 5. The van der Waals surface area contributed by atoms with Gasteiger partial charge in [-0.3, -0.25) is 0 Å². The monoisotopic (exact) mass is 608 g/mol. The van der Waals surface area contributed by atoms with Gasteiger partial charge in [-0.05, 0) is 0 Å². The van der Waals surface area contributed by atoms with E-state index in [-0.39, 0.29) is 0 Å². The molecule has 1 heterocycles. The average molecular weight is 610 g/mol. The van der Waals surface area contributed by atoms with Gasteiger partial charge in [0.25, 0.3) is 0 Å². The van der Waals surface area contributed by atoms with Crippen molar-refractivity contribution in [2.75, 3.05) is 0 Å². The Kier molecular flexibility index (Phi) is 6.79. The van der Waals surface area contributed by atoms with E-state index in [0.717, 1.165) is 12.8 Å². The molecule has 0 N–H and O–H groups in total. The van der Waals surface area contributed by atoms with Crippen LogP contribution in [0.1, 0.15) is 82.2 Å². The van der Waals surface area contributed by atoms with Crippen molar-refractivity contribution >= 4 is 23.7 Å². The first-order valence-electron chi connectivity index (χ1n) is 15.2. The molecule has 2 unspecified atom stereocenters. The summed E-state index contributed by atoms with van der Waals surface area (Å²) >= 11 is -2.82. The SMILES string of the molecule is CC1=C2c3cc(CC(C)C)ccc3[CH]1[Zr]([CH3])([CH3])[CH]1C(C)=C(c3cc(CC(C)C)ccc31)[Si]2(C)c1ccccc1. The van der Waals surface area contributed by atoms with Crippen molar-refractivity contribution < 1.29 is 20.3 Å². The Hall–Kier alpha value is -1.76. The Morgan fingerprint density at radius 3 is 1.51 bits per heavy atom. The van der Waals surface area contributed by atoms with Gasteiger partial charge in [0.05, 0.1) is 0 Å². The van der Waals surface area contributed by atoms with Crippen LogP contribution in [0.25, 0.3) is 10.4 Å². The molecule has 3 aromatic carbocycles. The molecule has 6 rings (SSSR count). The summed E-state index contributed by atoms with van der Waals surface area (Å²) in [7, 11) is -2.29. The van der Waals surface area contributed by atoms with E-state index in [1.807, 2.05) is 0 Å². The van der Waals surface area contributed by atoms with Crippen LogP contribution in [0.3, 0.4) is 0 Å². The summed E-state index contributed by atoms with van der Waals surface area (Å²) in [6.45, 7) is 17.2. The second-order valence-electron chi connectivity index (χ2n) is 14.3. The van der Waals surface area contributed by atoms with Gasteiger partial charge in [-0.2, -0.15) is 0 Å². The van der Waals surface area contributed by atoms with Crippen molar-refractivity contribution in [1.82, 2.24) is 0 Å². The molecule has 1 aliphatic heterocycles. The molecule has 0 amide bonds. The molecule has 0 saturated carbocycles. The first-order valence-corrected chi connectivity index (χ1v) is 25.5. The van der Waals surface area contributed by atoms with E-state index in [2.05, 4.69) is 124 Å². The molecule has 2 heteroatoms. The Morgan fingerprint density at radius 2 is 1.10 bits per heavy atom. The molecular weight excluding hydrogens is 564 g/mol. The minimum atomic E-state index is -2.82. The Bertz CT molecular complexity index is 1430. The summed E-state index contributed by atoms with van der Waals surface area (Å²) in [4.78, 5) is 0. The van der Waals surface area contributed by atoms with Crippen LogP contribution in [0.5, 0.6) is 0 Å². The Morgan fingerprint density at radius 1 is 0.667 bits per heavy atom. The van der Waals surface area contributed by atoms with Crippen LogP contribution in [0, 0.1) is 11.8 Å². The molecular formula is C37H46SiZr. The molecule has 0 nitrogen and oxygen atoms in total. The van der Waals surface area contributed by atoms with Gasteiger partial charge in [-0.15, -0.1) is 0 Å². The summed E-state index contributed by atoms with van der Waals surface area (Å²) in [6, 6.07) is 27.0. The van der Waals surface area contributed by atoms with E-state index in [1.54, 1.807) is 49.0 Å². The molecule has 0 spiro atoms. The molecule has 4 bridgehead atoms. The Balaban J connectivity index is 1.70. The molecule has 2 aliphatic carbocycles. The minimum absolute atomic E-state index is 0.649. The zero-order valence-corrected chi connectivity index (χ0v) is 29.0. The quantitative estimate of drug-likeness (QED) is 0.253. The van der Waals surface area contributed by atoms with Gasteiger partial charge >= 0.3 is 244 Å². The predicted octanol–water partition coefficient (Wildman–Crippen LogP) is 9.77. The van der Waals surface area contributed by atoms with E-state index >= 15 is 0 Å². The van der Waals surface area contributed by atoms with Gasteiger partial charge in [0.2, 0.25) is 0 Å². The molecule has 0 fully saturated rings. The van der Waals surface area contributed by atoms with Crippen LogP contribution < -0.4 is 5.19 Å². The van der Waals surface area contributed by atoms with Gasteiger partial charge < -0.3 is 0 Å². The van der Waals surface area contributed by atoms with Crippen molar-refractivity contribution in [3.05, 3.63) is 111 Å². The maximum absolute atomic E-state index is 2.82. The van der Waals surface area contributed by atoms with E-state index in [0.29, 0.717) is 19.1 Å². The zero-order valence-electron chi connectivity index (χ0n) is 25.6. The topological polar surface area (TPSA) is 0 Å². The van der Waals surface area contributed by atoms with Gasteiger partial charge in [-0.25, -0.2) is 0 Å². The number of hydrogen-bond acceptors (Lipinski definition) is 0. The zero-order chi connectivity index (χ0) is 27.9. The van der Waals surface area contributed by atoms with Gasteiger partial charge in [0.15, 0.2) is 0 Å². The summed E-state index contributed by atoms with van der Waals surface area (Å²) in [5, 5.41) is 5.07. The van der Waals surface area contributed by atoms with E-state index in [9.17, 15) is 0 Å². The molecule has 0 radical (unpaired) electrons. The fraction of sp³-hybridized carbons (Fsp3) is 0.405. The third-order valence-electron chi connectivity index (χ3n) is 10.2. The van der Waals surface area contributed by atoms with Crippen molar-refractivity contribution in [3.8, 4) is 0 Å². The van der Waals surface area contributed by atoms with Crippen molar-refractivity contribution in [2.45, 2.75) is 77.4 Å². The second kappa shape index (κ2) is 9.66. The number of allylic oxidation sites excluding steroid dienone is 2. The van der Waals surface area contributed by atoms with Crippen molar-refractivity contribution in [3.63, 3.8) is 0 Å². The van der Waals surface area contributed by atoms with Crippen LogP contribution in [-0.4, -0.2) is 8.07 Å². The predicted molar refractivity (Wildman–Crippen MR) is 170 cm³/mol. The van der Waals surface area contributed by atoms with Gasteiger partial charge in [0, 0.05) is 0 Å². The van der Waals surface area contributed by atoms with E-state index in [4.69, 9.17) is 0 Å². The molecule has 3 aromatic rings. The fourth-order valence-corrected chi connectivity index (χ4v) is 27.1.